The number of fused-ring (bicyclic) bond motifs is 1. The standard InChI is InChI=1S/C41H53N4O12PSi/c1-25-23-44(39(49)42-37(25)47)33-21-31-35(53-33)29(46)19-13-14-20-30(55-58(51,52-6)56-31)36-32(22-34(54-36)45-24-26(2)38(48)43-40(45)50)57-59(41(3,4)5,27-15-9-7-10-16-27)28-17-11-8-12-18-28/h7-12,15-18,23-24,29-36,46H,13-14,19-22H2,1-6H3,(H,42,47,49)(H,43,48,50)/t29-,30-,31-,32-,33+,34+,35+,36+,58?/m0/s1. The van der Waals surface area contributed by atoms with Crippen LogP contribution in [0, 0.1) is 13.8 Å². The van der Waals surface area contributed by atoms with Crippen molar-refractivity contribution in [1.29, 1.82) is 0 Å². The summed E-state index contributed by atoms with van der Waals surface area (Å²) in [6.07, 6.45) is -3.15. The summed E-state index contributed by atoms with van der Waals surface area (Å²) < 4.78 is 56.2. The number of hydrogen-bond acceptors (Lipinski definition) is 12. The van der Waals surface area contributed by atoms with Gasteiger partial charge in [-0.15, -0.1) is 0 Å². The van der Waals surface area contributed by atoms with Crippen LogP contribution in [0.5, 0.6) is 0 Å². The highest BCUT2D eigenvalue weighted by Gasteiger charge is 2.56. The molecule has 3 saturated heterocycles. The Labute approximate surface area is 342 Å². The number of phosphoric acid groups is 1. The Morgan fingerprint density at radius 2 is 1.24 bits per heavy atom. The number of rotatable bonds is 8. The molecular formula is C41H53N4O12PSi. The smallest absolute Gasteiger partial charge is 0.402 e. The summed E-state index contributed by atoms with van der Waals surface area (Å²) in [5.41, 5.74) is -1.81. The van der Waals surface area contributed by atoms with Crippen molar-refractivity contribution in [2.24, 2.45) is 0 Å². The molecule has 0 aliphatic carbocycles. The first kappa shape index (κ1) is 43.1. The molecule has 2 aromatic carbocycles. The molecule has 0 spiro atoms. The van der Waals surface area contributed by atoms with Gasteiger partial charge in [-0.2, -0.15) is 0 Å². The number of phosphoric ester groups is 1. The van der Waals surface area contributed by atoms with Crippen LogP contribution in [0.4, 0.5) is 0 Å². The second-order valence-electron chi connectivity index (χ2n) is 16.6. The molecule has 59 heavy (non-hydrogen) atoms. The molecular weight excluding hydrogens is 800 g/mol. The topological polar surface area (TPSA) is 202 Å². The zero-order valence-electron chi connectivity index (χ0n) is 34.1. The van der Waals surface area contributed by atoms with Gasteiger partial charge in [0.05, 0.1) is 18.3 Å². The quantitative estimate of drug-likeness (QED) is 0.172. The third kappa shape index (κ3) is 8.63. The van der Waals surface area contributed by atoms with Crippen LogP contribution in [0.25, 0.3) is 0 Å². The number of nitrogens with zero attached hydrogens (tertiary/aromatic N) is 2. The van der Waals surface area contributed by atoms with E-state index in [0.717, 1.165) is 10.4 Å². The second-order valence-corrected chi connectivity index (χ2v) is 22.6. The number of benzene rings is 2. The second kappa shape index (κ2) is 17.1. The van der Waals surface area contributed by atoms with Gasteiger partial charge < -0.3 is 19.0 Å². The van der Waals surface area contributed by atoms with Crippen LogP contribution in [0.3, 0.4) is 0 Å². The van der Waals surface area contributed by atoms with Crippen molar-refractivity contribution in [3.8, 4) is 0 Å². The molecule has 7 rings (SSSR count). The average molecular weight is 853 g/mol. The third-order valence-corrected chi connectivity index (χ3v) is 18.2. The summed E-state index contributed by atoms with van der Waals surface area (Å²) in [6, 6.07) is 20.1. The fourth-order valence-electron chi connectivity index (χ4n) is 8.66. The summed E-state index contributed by atoms with van der Waals surface area (Å²) in [5, 5.41) is 13.0. The van der Waals surface area contributed by atoms with E-state index in [1.165, 1.54) is 28.6 Å². The lowest BCUT2D eigenvalue weighted by Gasteiger charge is -2.45. The van der Waals surface area contributed by atoms with Crippen LogP contribution in [0.15, 0.2) is 92.2 Å². The number of ether oxygens (including phenoxy) is 2. The predicted octanol–water partition coefficient (Wildman–Crippen LogP) is 3.68. The van der Waals surface area contributed by atoms with Crippen molar-refractivity contribution in [3.05, 3.63) is 126 Å². The maximum atomic E-state index is 14.8. The fraction of sp³-hybridized carbons (Fsp3) is 0.512. The van der Waals surface area contributed by atoms with Gasteiger partial charge in [0.1, 0.15) is 30.8 Å². The van der Waals surface area contributed by atoms with Gasteiger partial charge >= 0.3 is 19.2 Å². The highest BCUT2D eigenvalue weighted by Crippen LogP contribution is 2.56. The van der Waals surface area contributed by atoms with Crippen molar-refractivity contribution in [3.63, 3.8) is 0 Å². The highest BCUT2D eigenvalue weighted by molar-refractivity contribution is 7.48. The van der Waals surface area contributed by atoms with E-state index < -0.39 is 92.8 Å². The lowest BCUT2D eigenvalue weighted by atomic mass is 9.98. The SMILES string of the molecule is COP1(=O)O[C@H]([C@H]2O[C@@H](n3cc(C)c(=O)[nH]c3=O)C[C@@H]2O[Si](c2ccccc2)(c2ccccc2)C(C)(C)C)CCCC[C@H](O)[C@H]2O[C@@H](n3cc(C)c(=O)[nH]c3=O)C[C@@H]2O1. The van der Waals surface area contributed by atoms with Crippen LogP contribution in [-0.4, -0.2) is 76.3 Å². The van der Waals surface area contributed by atoms with E-state index in [1.54, 1.807) is 13.8 Å². The van der Waals surface area contributed by atoms with Gasteiger partial charge in [0.2, 0.25) is 0 Å². The van der Waals surface area contributed by atoms with Gasteiger partial charge in [-0.25, -0.2) is 14.2 Å². The Morgan fingerprint density at radius 3 is 1.76 bits per heavy atom. The van der Waals surface area contributed by atoms with E-state index in [1.807, 2.05) is 36.4 Å². The Morgan fingerprint density at radius 1 is 0.746 bits per heavy atom. The molecule has 0 saturated carbocycles. The number of aliphatic hydroxyl groups excluding tert-OH is 1. The summed E-state index contributed by atoms with van der Waals surface area (Å²) >= 11 is 0. The van der Waals surface area contributed by atoms with Crippen molar-refractivity contribution < 1.29 is 37.1 Å². The van der Waals surface area contributed by atoms with Crippen LogP contribution in [-0.2, 0) is 32.0 Å². The molecule has 16 nitrogen and oxygen atoms in total. The highest BCUT2D eigenvalue weighted by atomic mass is 31.2. The van der Waals surface area contributed by atoms with E-state index in [9.17, 15) is 28.8 Å². The number of aromatic nitrogens is 4. The summed E-state index contributed by atoms with van der Waals surface area (Å²) in [7, 11) is -6.57. The Balaban J connectivity index is 1.29. The van der Waals surface area contributed by atoms with Crippen LogP contribution >= 0.6 is 7.82 Å². The first-order valence-corrected chi connectivity index (χ1v) is 23.3. The van der Waals surface area contributed by atoms with E-state index in [2.05, 4.69) is 55.0 Å². The minimum absolute atomic E-state index is 0.0232. The third-order valence-electron chi connectivity index (χ3n) is 11.6. The van der Waals surface area contributed by atoms with E-state index in [4.69, 9.17) is 27.5 Å². The lowest BCUT2D eigenvalue weighted by molar-refractivity contribution is -0.0941. The zero-order valence-corrected chi connectivity index (χ0v) is 36.0. The molecule has 18 heteroatoms. The molecule has 3 fully saturated rings. The van der Waals surface area contributed by atoms with Crippen LogP contribution in [0.1, 0.15) is 82.9 Å². The fourth-order valence-corrected chi connectivity index (χ4v) is 14.7. The Kier molecular flexibility index (Phi) is 12.5. The summed E-state index contributed by atoms with van der Waals surface area (Å²) in [5.74, 6) is 0. The van der Waals surface area contributed by atoms with Crippen LogP contribution in [0.2, 0.25) is 5.04 Å². The molecule has 0 radical (unpaired) electrons. The number of aryl methyl sites for hydroxylation is 2. The Bertz CT molecular complexity index is 2360. The van der Waals surface area contributed by atoms with Gasteiger partial charge in [-0.1, -0.05) is 94.3 Å². The van der Waals surface area contributed by atoms with Gasteiger partial charge in [-0.3, -0.25) is 42.3 Å². The first-order chi connectivity index (χ1) is 28.0. The number of hydrogen-bond donors (Lipinski definition) is 3. The maximum absolute atomic E-state index is 14.8. The minimum Gasteiger partial charge on any atom is -0.402 e. The van der Waals surface area contributed by atoms with Gasteiger partial charge in [0, 0.05) is 43.5 Å². The molecule has 3 aliphatic rings. The van der Waals surface area contributed by atoms with Crippen molar-refractivity contribution in [2.45, 2.75) is 127 Å². The molecule has 9 atom stereocenters. The van der Waals surface area contributed by atoms with Crippen molar-refractivity contribution in [1.82, 2.24) is 19.1 Å². The maximum Gasteiger partial charge on any atom is 0.475 e. The normalized spacial score (nSPS) is 29.5. The number of aliphatic hydroxyl groups is 1. The van der Waals surface area contributed by atoms with Crippen molar-refractivity contribution >= 4 is 26.5 Å². The molecule has 3 aliphatic heterocycles. The Hall–Kier alpha value is -4.03. The first-order valence-electron chi connectivity index (χ1n) is 20.0. The molecule has 1 unspecified atom stereocenters. The number of nitrogens with one attached hydrogen (secondary N) is 2. The summed E-state index contributed by atoms with van der Waals surface area (Å²) in [4.78, 5) is 55.4. The minimum atomic E-state index is -4.50. The molecule has 3 N–H and O–H groups in total. The molecule has 318 valence electrons. The van der Waals surface area contributed by atoms with Crippen molar-refractivity contribution in [2.75, 3.05) is 7.11 Å². The van der Waals surface area contributed by atoms with Crippen LogP contribution < -0.4 is 32.9 Å². The lowest BCUT2D eigenvalue weighted by Crippen LogP contribution is -2.68. The van der Waals surface area contributed by atoms with E-state index >= 15 is 0 Å². The summed E-state index contributed by atoms with van der Waals surface area (Å²) in [6.45, 7) is 9.60. The molecule has 4 aromatic rings. The van der Waals surface area contributed by atoms with Gasteiger partial charge in [-0.05, 0) is 42.1 Å². The molecule has 5 heterocycles. The number of aromatic amines is 2. The molecule has 2 aromatic heterocycles. The molecule has 0 bridgehead atoms. The number of H-pyrrole nitrogens is 2. The monoisotopic (exact) mass is 852 g/mol. The van der Waals surface area contributed by atoms with E-state index in [0.29, 0.717) is 18.4 Å². The van der Waals surface area contributed by atoms with Gasteiger partial charge in [0.25, 0.3) is 19.4 Å². The molecule has 0 amide bonds. The van der Waals surface area contributed by atoms with E-state index in [-0.39, 0.29) is 31.2 Å². The predicted molar refractivity (Wildman–Crippen MR) is 221 cm³/mol. The largest absolute Gasteiger partial charge is 0.475 e. The zero-order chi connectivity index (χ0) is 42.3. The van der Waals surface area contributed by atoms with Gasteiger partial charge in [0.15, 0.2) is 0 Å². The average Bonchev–Trinajstić information content (AvgIpc) is 3.81.